The number of halogens is 3. The Balaban J connectivity index is 1.86. The molecule has 0 aliphatic carbocycles. The summed E-state index contributed by atoms with van der Waals surface area (Å²) in [5, 5.41) is 12.0. The Bertz CT molecular complexity index is 585. The van der Waals surface area contributed by atoms with E-state index < -0.39 is 17.7 Å². The maximum absolute atomic E-state index is 13.1. The fraction of sp³-hybridized carbons (Fsp3) is 0.333. The summed E-state index contributed by atoms with van der Waals surface area (Å²) in [7, 11) is 1.95. The van der Waals surface area contributed by atoms with Crippen molar-refractivity contribution in [1.29, 1.82) is 0 Å². The number of aliphatic hydroxyl groups is 1. The molecule has 1 aromatic heterocycles. The summed E-state index contributed by atoms with van der Waals surface area (Å²) in [6, 6.07) is 5.20. The Morgan fingerprint density at radius 3 is 2.48 bits per heavy atom. The highest BCUT2D eigenvalue weighted by atomic mass is 79.9. The molecule has 0 bridgehead atoms. The van der Waals surface area contributed by atoms with E-state index >= 15 is 0 Å². The Hall–Kier alpha value is -0.820. The SMILES string of the molecule is CN(CCC(O)c1cc(F)cc(F)c1)Cc1cc(Br)cs1. The van der Waals surface area contributed by atoms with Gasteiger partial charge >= 0.3 is 0 Å². The van der Waals surface area contributed by atoms with E-state index in [4.69, 9.17) is 0 Å². The first kappa shape index (κ1) is 16.5. The number of thiophene rings is 1. The van der Waals surface area contributed by atoms with Crippen molar-refractivity contribution in [3.05, 3.63) is 56.2 Å². The van der Waals surface area contributed by atoms with E-state index in [2.05, 4.69) is 26.9 Å². The molecule has 6 heteroatoms. The molecule has 114 valence electrons. The Kier molecular flexibility index (Phi) is 5.87. The van der Waals surface area contributed by atoms with Crippen molar-refractivity contribution in [2.45, 2.75) is 19.1 Å². The van der Waals surface area contributed by atoms with Crippen molar-refractivity contribution in [3.63, 3.8) is 0 Å². The molecular formula is C15H16BrF2NOS. The minimum Gasteiger partial charge on any atom is -0.388 e. The molecule has 0 saturated heterocycles. The van der Waals surface area contributed by atoms with Gasteiger partial charge in [-0.2, -0.15) is 0 Å². The quantitative estimate of drug-likeness (QED) is 0.811. The van der Waals surface area contributed by atoms with E-state index in [0.717, 1.165) is 17.1 Å². The third kappa shape index (κ3) is 5.14. The van der Waals surface area contributed by atoms with Crippen molar-refractivity contribution in [2.24, 2.45) is 0 Å². The summed E-state index contributed by atoms with van der Waals surface area (Å²) >= 11 is 5.07. The smallest absolute Gasteiger partial charge is 0.126 e. The third-order valence-electron chi connectivity index (χ3n) is 3.10. The van der Waals surface area contributed by atoms with Crippen LogP contribution in [0.25, 0.3) is 0 Å². The molecule has 1 atom stereocenters. The van der Waals surface area contributed by atoms with Crippen molar-refractivity contribution in [1.82, 2.24) is 4.90 Å². The van der Waals surface area contributed by atoms with Crippen molar-refractivity contribution >= 4 is 27.3 Å². The highest BCUT2D eigenvalue weighted by molar-refractivity contribution is 9.10. The van der Waals surface area contributed by atoms with E-state index in [9.17, 15) is 13.9 Å². The maximum atomic E-state index is 13.1. The Morgan fingerprint density at radius 1 is 1.24 bits per heavy atom. The summed E-state index contributed by atoms with van der Waals surface area (Å²) in [6.07, 6.45) is -0.445. The second-order valence-electron chi connectivity index (χ2n) is 4.98. The van der Waals surface area contributed by atoms with Gasteiger partial charge in [-0.25, -0.2) is 8.78 Å². The number of rotatable bonds is 6. The maximum Gasteiger partial charge on any atom is 0.126 e. The zero-order valence-corrected chi connectivity index (χ0v) is 13.9. The van der Waals surface area contributed by atoms with Gasteiger partial charge in [0.1, 0.15) is 11.6 Å². The van der Waals surface area contributed by atoms with E-state index in [1.807, 2.05) is 12.4 Å². The minimum atomic E-state index is -0.868. The first-order valence-corrected chi connectivity index (χ1v) is 8.17. The second kappa shape index (κ2) is 7.45. The number of benzene rings is 1. The van der Waals surface area contributed by atoms with Crippen molar-refractivity contribution in [3.8, 4) is 0 Å². The second-order valence-corrected chi connectivity index (χ2v) is 6.89. The lowest BCUT2D eigenvalue weighted by Gasteiger charge is -2.18. The molecule has 1 aromatic carbocycles. The lowest BCUT2D eigenvalue weighted by molar-refractivity contribution is 0.147. The summed E-state index contributed by atoms with van der Waals surface area (Å²) in [6.45, 7) is 1.41. The zero-order chi connectivity index (χ0) is 15.4. The summed E-state index contributed by atoms with van der Waals surface area (Å²) in [5.74, 6) is -1.33. The van der Waals surface area contributed by atoms with Crippen LogP contribution in [0.5, 0.6) is 0 Å². The van der Waals surface area contributed by atoms with Crippen LogP contribution in [-0.2, 0) is 6.54 Å². The topological polar surface area (TPSA) is 23.5 Å². The van der Waals surface area contributed by atoms with Gasteiger partial charge in [0, 0.05) is 33.9 Å². The number of hydrogen-bond acceptors (Lipinski definition) is 3. The average molecular weight is 376 g/mol. The van der Waals surface area contributed by atoms with Crippen molar-refractivity contribution < 1.29 is 13.9 Å². The largest absolute Gasteiger partial charge is 0.388 e. The van der Waals surface area contributed by atoms with Gasteiger partial charge in [0.15, 0.2) is 0 Å². The van der Waals surface area contributed by atoms with E-state index in [1.54, 1.807) is 11.3 Å². The van der Waals surface area contributed by atoms with E-state index in [0.29, 0.717) is 13.0 Å². The molecule has 0 fully saturated rings. The van der Waals surface area contributed by atoms with Crippen LogP contribution in [0, 0.1) is 11.6 Å². The van der Waals surface area contributed by atoms with Gasteiger partial charge < -0.3 is 10.0 Å². The lowest BCUT2D eigenvalue weighted by atomic mass is 10.1. The fourth-order valence-corrected chi connectivity index (χ4v) is 3.59. The van der Waals surface area contributed by atoms with Gasteiger partial charge in [-0.3, -0.25) is 0 Å². The van der Waals surface area contributed by atoms with Crippen LogP contribution < -0.4 is 0 Å². The van der Waals surface area contributed by atoms with Crippen molar-refractivity contribution in [2.75, 3.05) is 13.6 Å². The van der Waals surface area contributed by atoms with Crippen LogP contribution in [-0.4, -0.2) is 23.6 Å². The van der Waals surface area contributed by atoms with Gasteiger partial charge in [0.25, 0.3) is 0 Å². The molecule has 1 N–H and O–H groups in total. The molecule has 2 rings (SSSR count). The predicted octanol–water partition coefficient (Wildman–Crippen LogP) is 4.34. The van der Waals surface area contributed by atoms with Gasteiger partial charge in [-0.1, -0.05) is 0 Å². The van der Waals surface area contributed by atoms with E-state index in [-0.39, 0.29) is 5.56 Å². The molecular weight excluding hydrogens is 360 g/mol. The van der Waals surface area contributed by atoms with Gasteiger partial charge in [0.2, 0.25) is 0 Å². The molecule has 1 heterocycles. The Morgan fingerprint density at radius 2 is 1.90 bits per heavy atom. The molecule has 0 aliphatic rings. The minimum absolute atomic E-state index is 0.278. The first-order chi connectivity index (χ1) is 9.94. The molecule has 0 saturated carbocycles. The van der Waals surface area contributed by atoms with Crippen LogP contribution in [0.2, 0.25) is 0 Å². The van der Waals surface area contributed by atoms with Gasteiger partial charge in [0.05, 0.1) is 6.10 Å². The number of nitrogens with zero attached hydrogens (tertiary/aromatic N) is 1. The highest BCUT2D eigenvalue weighted by Gasteiger charge is 2.12. The molecule has 0 amide bonds. The molecule has 21 heavy (non-hydrogen) atoms. The first-order valence-electron chi connectivity index (χ1n) is 6.49. The highest BCUT2D eigenvalue weighted by Crippen LogP contribution is 2.22. The van der Waals surface area contributed by atoms with Crippen LogP contribution in [0.3, 0.4) is 0 Å². The molecule has 0 radical (unpaired) electrons. The Labute approximate surface area is 135 Å². The molecule has 0 aliphatic heterocycles. The average Bonchev–Trinajstić information content (AvgIpc) is 2.80. The van der Waals surface area contributed by atoms with Crippen LogP contribution in [0.4, 0.5) is 8.78 Å². The summed E-state index contributed by atoms with van der Waals surface area (Å²) < 4.78 is 27.3. The standard InChI is InChI=1S/C15H16BrF2NOS/c1-19(8-14-6-11(16)9-21-14)3-2-15(20)10-4-12(17)7-13(18)5-10/h4-7,9,15,20H,2-3,8H2,1H3. The lowest BCUT2D eigenvalue weighted by Crippen LogP contribution is -2.20. The monoisotopic (exact) mass is 375 g/mol. The molecule has 0 spiro atoms. The zero-order valence-electron chi connectivity index (χ0n) is 11.5. The summed E-state index contributed by atoms with van der Waals surface area (Å²) in [4.78, 5) is 3.28. The van der Waals surface area contributed by atoms with Crippen LogP contribution in [0.15, 0.2) is 34.1 Å². The fourth-order valence-electron chi connectivity index (χ4n) is 2.06. The van der Waals surface area contributed by atoms with Crippen LogP contribution >= 0.6 is 27.3 Å². The predicted molar refractivity (Wildman–Crippen MR) is 84.3 cm³/mol. The summed E-state index contributed by atoms with van der Waals surface area (Å²) in [5.41, 5.74) is 0.278. The van der Waals surface area contributed by atoms with Gasteiger partial charge in [-0.15, -0.1) is 11.3 Å². The van der Waals surface area contributed by atoms with Crippen LogP contribution in [0.1, 0.15) is 23.0 Å². The van der Waals surface area contributed by atoms with Gasteiger partial charge in [-0.05, 0) is 53.2 Å². The normalized spacial score (nSPS) is 12.9. The molecule has 2 nitrogen and oxygen atoms in total. The van der Waals surface area contributed by atoms with E-state index in [1.165, 1.54) is 17.0 Å². The number of aliphatic hydroxyl groups excluding tert-OH is 1. The molecule has 1 unspecified atom stereocenters. The molecule has 2 aromatic rings. The number of hydrogen-bond donors (Lipinski definition) is 1. The third-order valence-corrected chi connectivity index (χ3v) is 4.78.